The van der Waals surface area contributed by atoms with Gasteiger partial charge in [-0.3, -0.25) is 0 Å². The summed E-state index contributed by atoms with van der Waals surface area (Å²) in [7, 11) is 0. The largest absolute Gasteiger partial charge is 0.385 e. The second-order valence-corrected chi connectivity index (χ2v) is 5.30. The normalized spacial score (nSPS) is 16.8. The van der Waals surface area contributed by atoms with Crippen LogP contribution < -0.4 is 0 Å². The topological polar surface area (TPSA) is 20.2 Å². The molecule has 0 fully saturated rings. The second kappa shape index (κ2) is 5.10. The first-order valence-corrected chi connectivity index (χ1v) is 6.49. The lowest BCUT2D eigenvalue weighted by Crippen LogP contribution is -2.33. The molecule has 0 bridgehead atoms. The molecule has 0 aliphatic rings. The summed E-state index contributed by atoms with van der Waals surface area (Å²) in [5.41, 5.74) is 0.0235. The number of aliphatic hydroxyl groups is 1. The highest BCUT2D eigenvalue weighted by Crippen LogP contribution is 2.32. The molecule has 0 aliphatic heterocycles. The van der Waals surface area contributed by atoms with Gasteiger partial charge in [-0.2, -0.15) is 0 Å². The van der Waals surface area contributed by atoms with Gasteiger partial charge in [-0.25, -0.2) is 0 Å². The van der Waals surface area contributed by atoms with Crippen molar-refractivity contribution in [3.8, 4) is 0 Å². The maximum Gasteiger partial charge on any atom is 0.0947 e. The molecule has 0 aliphatic carbocycles. The van der Waals surface area contributed by atoms with E-state index in [4.69, 9.17) is 12.2 Å². The minimum Gasteiger partial charge on any atom is -0.385 e. The molecular weight excluding hydrogens is 224 g/mol. The first-order valence-electron chi connectivity index (χ1n) is 4.86. The summed E-state index contributed by atoms with van der Waals surface area (Å²) in [6, 6.07) is 9.66. The average molecular weight is 240 g/mol. The highest BCUT2D eigenvalue weighted by molar-refractivity contribution is 8.22. The van der Waals surface area contributed by atoms with E-state index in [0.29, 0.717) is 0 Å². The van der Waals surface area contributed by atoms with Gasteiger partial charge >= 0.3 is 0 Å². The van der Waals surface area contributed by atoms with Crippen molar-refractivity contribution in [1.82, 2.24) is 0 Å². The van der Waals surface area contributed by atoms with Crippen LogP contribution >= 0.6 is 24.0 Å². The number of thioether (sulfide) groups is 1. The van der Waals surface area contributed by atoms with Crippen molar-refractivity contribution < 1.29 is 5.11 Å². The lowest BCUT2D eigenvalue weighted by atomic mass is 9.85. The number of rotatable bonds is 3. The molecule has 0 heterocycles. The summed E-state index contributed by atoms with van der Waals surface area (Å²) in [6.07, 6.45) is 1.94. The molecule has 1 aromatic rings. The van der Waals surface area contributed by atoms with Crippen molar-refractivity contribution in [2.45, 2.75) is 19.4 Å². The van der Waals surface area contributed by atoms with E-state index >= 15 is 0 Å². The molecule has 0 aromatic heterocycles. The van der Waals surface area contributed by atoms with Crippen LogP contribution in [0.2, 0.25) is 0 Å². The minimum absolute atomic E-state index is 0.0371. The van der Waals surface area contributed by atoms with Gasteiger partial charge in [-0.1, -0.05) is 49.5 Å². The second-order valence-electron chi connectivity index (χ2n) is 3.76. The summed E-state index contributed by atoms with van der Waals surface area (Å²) < 4.78 is 0.837. The van der Waals surface area contributed by atoms with E-state index in [1.54, 1.807) is 0 Å². The average Bonchev–Trinajstić information content (AvgIpc) is 2.28. The van der Waals surface area contributed by atoms with E-state index < -0.39 is 5.60 Å². The Balaban J connectivity index is 2.97. The predicted molar refractivity (Wildman–Crippen MR) is 71.3 cm³/mol. The molecule has 0 amide bonds. The fourth-order valence-corrected chi connectivity index (χ4v) is 2.24. The SMILES string of the molecule is CSC(=S)[C@H](C)[C@@](C)(O)c1ccccc1. The van der Waals surface area contributed by atoms with Crippen LogP contribution in [0.15, 0.2) is 30.3 Å². The Morgan fingerprint density at radius 3 is 2.40 bits per heavy atom. The molecule has 1 N–H and O–H groups in total. The van der Waals surface area contributed by atoms with E-state index in [2.05, 4.69) is 0 Å². The first kappa shape index (κ1) is 12.7. The number of hydrogen-bond acceptors (Lipinski definition) is 3. The number of benzene rings is 1. The lowest BCUT2D eigenvalue weighted by Gasteiger charge is -2.30. The van der Waals surface area contributed by atoms with Crippen LogP contribution in [-0.2, 0) is 5.60 Å². The summed E-state index contributed by atoms with van der Waals surface area (Å²) in [6.45, 7) is 3.78. The third-order valence-electron chi connectivity index (χ3n) is 2.76. The maximum absolute atomic E-state index is 10.5. The van der Waals surface area contributed by atoms with Gasteiger partial charge < -0.3 is 5.11 Å². The summed E-state index contributed by atoms with van der Waals surface area (Å²) >= 11 is 6.75. The van der Waals surface area contributed by atoms with Gasteiger partial charge in [0.05, 0.1) is 9.80 Å². The standard InChI is InChI=1S/C12H16OS2/c1-9(11(14)15-3)12(2,13)10-7-5-4-6-8-10/h4-9,13H,1-3H3/t9-,12+/m0/s1. The van der Waals surface area contributed by atoms with Gasteiger partial charge in [-0.15, -0.1) is 11.8 Å². The van der Waals surface area contributed by atoms with Crippen molar-refractivity contribution in [1.29, 1.82) is 0 Å². The fraction of sp³-hybridized carbons (Fsp3) is 0.417. The maximum atomic E-state index is 10.5. The van der Waals surface area contributed by atoms with Gasteiger partial charge in [0.15, 0.2) is 0 Å². The van der Waals surface area contributed by atoms with Gasteiger partial charge in [-0.05, 0) is 18.7 Å². The molecule has 3 heteroatoms. The molecule has 0 unspecified atom stereocenters. The zero-order chi connectivity index (χ0) is 11.5. The Bertz CT molecular complexity index is 333. The van der Waals surface area contributed by atoms with Crippen molar-refractivity contribution >= 4 is 28.2 Å². The lowest BCUT2D eigenvalue weighted by molar-refractivity contribution is 0.0295. The van der Waals surface area contributed by atoms with Crippen LogP contribution in [0, 0.1) is 5.92 Å². The molecule has 0 spiro atoms. The van der Waals surface area contributed by atoms with Crippen LogP contribution in [0.4, 0.5) is 0 Å². The Morgan fingerprint density at radius 2 is 1.93 bits per heavy atom. The predicted octanol–water partition coefficient (Wildman–Crippen LogP) is 3.22. The Labute approximate surface area is 101 Å². The van der Waals surface area contributed by atoms with Crippen molar-refractivity contribution in [2.24, 2.45) is 5.92 Å². The summed E-state index contributed by atoms with van der Waals surface area (Å²) in [5.74, 6) is -0.0371. The van der Waals surface area contributed by atoms with E-state index in [1.807, 2.05) is 50.4 Å². The molecule has 2 atom stereocenters. The van der Waals surface area contributed by atoms with Crippen LogP contribution in [0.25, 0.3) is 0 Å². The van der Waals surface area contributed by atoms with Gasteiger partial charge in [0, 0.05) is 5.92 Å². The zero-order valence-electron chi connectivity index (χ0n) is 9.23. The molecule has 1 aromatic carbocycles. The fourth-order valence-electron chi connectivity index (χ4n) is 1.43. The van der Waals surface area contributed by atoms with Crippen LogP contribution in [0.5, 0.6) is 0 Å². The van der Waals surface area contributed by atoms with E-state index in [9.17, 15) is 5.11 Å². The molecule has 1 nitrogen and oxygen atoms in total. The molecule has 1 rings (SSSR count). The smallest absolute Gasteiger partial charge is 0.0947 e. The van der Waals surface area contributed by atoms with Crippen molar-refractivity contribution in [2.75, 3.05) is 6.26 Å². The molecular formula is C12H16OS2. The number of thiocarbonyl (C=S) groups is 1. The van der Waals surface area contributed by atoms with E-state index in [0.717, 1.165) is 9.76 Å². The monoisotopic (exact) mass is 240 g/mol. The summed E-state index contributed by atoms with van der Waals surface area (Å²) in [4.78, 5) is 0. The van der Waals surface area contributed by atoms with Gasteiger partial charge in [0.25, 0.3) is 0 Å². The third kappa shape index (κ3) is 2.80. The van der Waals surface area contributed by atoms with Crippen LogP contribution in [0.3, 0.4) is 0 Å². The Hall–Kier alpha value is -0.380. The van der Waals surface area contributed by atoms with E-state index in [1.165, 1.54) is 11.8 Å². The van der Waals surface area contributed by atoms with Crippen LogP contribution in [-0.4, -0.2) is 15.6 Å². The zero-order valence-corrected chi connectivity index (χ0v) is 10.9. The van der Waals surface area contributed by atoms with Gasteiger partial charge in [0.1, 0.15) is 0 Å². The molecule has 0 saturated carbocycles. The van der Waals surface area contributed by atoms with E-state index in [-0.39, 0.29) is 5.92 Å². The summed E-state index contributed by atoms with van der Waals surface area (Å²) in [5, 5.41) is 10.5. The molecule has 15 heavy (non-hydrogen) atoms. The quantitative estimate of drug-likeness (QED) is 0.819. The number of hydrogen-bond donors (Lipinski definition) is 1. The highest BCUT2D eigenvalue weighted by atomic mass is 32.2. The Morgan fingerprint density at radius 1 is 1.40 bits per heavy atom. The van der Waals surface area contributed by atoms with Crippen molar-refractivity contribution in [3.05, 3.63) is 35.9 Å². The molecule has 82 valence electrons. The Kier molecular flexibility index (Phi) is 4.32. The minimum atomic E-state index is -0.888. The highest BCUT2D eigenvalue weighted by Gasteiger charge is 2.32. The van der Waals surface area contributed by atoms with Gasteiger partial charge in [0.2, 0.25) is 0 Å². The molecule has 0 radical (unpaired) electrons. The molecule has 0 saturated heterocycles. The van der Waals surface area contributed by atoms with Crippen LogP contribution in [0.1, 0.15) is 19.4 Å². The third-order valence-corrected chi connectivity index (χ3v) is 4.37. The first-order chi connectivity index (χ1) is 7.00. The van der Waals surface area contributed by atoms with Crippen molar-refractivity contribution in [3.63, 3.8) is 0 Å².